The van der Waals surface area contributed by atoms with Crippen molar-refractivity contribution >= 4 is 0 Å². The van der Waals surface area contributed by atoms with Crippen molar-refractivity contribution in [2.45, 2.75) is 65.0 Å². The van der Waals surface area contributed by atoms with Crippen LogP contribution in [0.3, 0.4) is 0 Å². The SMILES string of the molecule is CCCC(C)C1(CNC2CC2)CCOC1C. The first kappa shape index (κ1) is 12.4. The van der Waals surface area contributed by atoms with Crippen molar-refractivity contribution < 1.29 is 4.74 Å². The highest BCUT2D eigenvalue weighted by Gasteiger charge is 2.45. The lowest BCUT2D eigenvalue weighted by molar-refractivity contribution is 0.0296. The molecule has 2 aliphatic rings. The molecule has 0 spiro atoms. The Morgan fingerprint density at radius 1 is 1.44 bits per heavy atom. The summed E-state index contributed by atoms with van der Waals surface area (Å²) in [5.41, 5.74) is 0.401. The summed E-state index contributed by atoms with van der Waals surface area (Å²) in [6.45, 7) is 9.11. The van der Waals surface area contributed by atoms with Crippen molar-refractivity contribution in [3.05, 3.63) is 0 Å². The molecular weight excluding hydrogens is 198 g/mol. The van der Waals surface area contributed by atoms with E-state index in [0.29, 0.717) is 11.5 Å². The smallest absolute Gasteiger partial charge is 0.0618 e. The summed E-state index contributed by atoms with van der Waals surface area (Å²) in [4.78, 5) is 0. The molecule has 0 radical (unpaired) electrons. The monoisotopic (exact) mass is 225 g/mol. The van der Waals surface area contributed by atoms with Gasteiger partial charge in [-0.1, -0.05) is 26.7 Å². The molecular formula is C14H27NO. The van der Waals surface area contributed by atoms with E-state index in [0.717, 1.165) is 18.6 Å². The van der Waals surface area contributed by atoms with Gasteiger partial charge in [-0.25, -0.2) is 0 Å². The summed E-state index contributed by atoms with van der Waals surface area (Å²) in [5.74, 6) is 0.779. The minimum atomic E-state index is 0.401. The maximum Gasteiger partial charge on any atom is 0.0618 e. The summed E-state index contributed by atoms with van der Waals surface area (Å²) >= 11 is 0. The van der Waals surface area contributed by atoms with Crippen molar-refractivity contribution in [2.75, 3.05) is 13.2 Å². The zero-order chi connectivity index (χ0) is 11.6. The van der Waals surface area contributed by atoms with E-state index in [4.69, 9.17) is 4.74 Å². The third kappa shape index (κ3) is 2.43. The number of hydrogen-bond donors (Lipinski definition) is 1. The van der Waals surface area contributed by atoms with Crippen LogP contribution in [0.15, 0.2) is 0 Å². The Balaban J connectivity index is 1.98. The van der Waals surface area contributed by atoms with Crippen LogP contribution in [0.25, 0.3) is 0 Å². The third-order valence-electron chi connectivity index (χ3n) is 4.75. The molecule has 0 aromatic rings. The van der Waals surface area contributed by atoms with E-state index in [2.05, 4.69) is 26.1 Å². The van der Waals surface area contributed by atoms with Gasteiger partial charge in [0.1, 0.15) is 0 Å². The number of rotatable bonds is 6. The molecule has 3 atom stereocenters. The van der Waals surface area contributed by atoms with Gasteiger partial charge in [0, 0.05) is 24.6 Å². The molecule has 3 unspecified atom stereocenters. The maximum atomic E-state index is 5.85. The summed E-state index contributed by atoms with van der Waals surface area (Å²) in [6.07, 6.45) is 7.06. The Morgan fingerprint density at radius 3 is 2.69 bits per heavy atom. The molecule has 2 nitrogen and oxygen atoms in total. The highest BCUT2D eigenvalue weighted by Crippen LogP contribution is 2.43. The summed E-state index contributed by atoms with van der Waals surface area (Å²) < 4.78 is 5.85. The van der Waals surface area contributed by atoms with E-state index in [1.54, 1.807) is 0 Å². The van der Waals surface area contributed by atoms with Gasteiger partial charge in [-0.05, 0) is 32.1 Å². The van der Waals surface area contributed by atoms with E-state index in [-0.39, 0.29) is 0 Å². The fraction of sp³-hybridized carbons (Fsp3) is 1.00. The van der Waals surface area contributed by atoms with E-state index in [9.17, 15) is 0 Å². The van der Waals surface area contributed by atoms with Gasteiger partial charge < -0.3 is 10.1 Å². The van der Waals surface area contributed by atoms with Gasteiger partial charge in [-0.2, -0.15) is 0 Å². The highest BCUT2D eigenvalue weighted by molar-refractivity contribution is 4.97. The Bertz CT molecular complexity index is 227. The standard InChI is InChI=1S/C14H27NO/c1-4-5-11(2)14(8-9-16-12(14)3)10-15-13-6-7-13/h11-13,15H,4-10H2,1-3H3. The lowest BCUT2D eigenvalue weighted by Crippen LogP contribution is -2.45. The van der Waals surface area contributed by atoms with Gasteiger partial charge in [0.2, 0.25) is 0 Å². The zero-order valence-corrected chi connectivity index (χ0v) is 11.1. The topological polar surface area (TPSA) is 21.3 Å². The van der Waals surface area contributed by atoms with Crippen molar-refractivity contribution in [3.8, 4) is 0 Å². The van der Waals surface area contributed by atoms with E-state index >= 15 is 0 Å². The van der Waals surface area contributed by atoms with Gasteiger partial charge in [0.25, 0.3) is 0 Å². The molecule has 1 saturated heterocycles. The van der Waals surface area contributed by atoms with E-state index in [1.165, 1.54) is 38.6 Å². The molecule has 2 rings (SSSR count). The lowest BCUT2D eigenvalue weighted by atomic mass is 9.69. The van der Waals surface area contributed by atoms with Gasteiger partial charge in [-0.15, -0.1) is 0 Å². The lowest BCUT2D eigenvalue weighted by Gasteiger charge is -2.38. The fourth-order valence-corrected chi connectivity index (χ4v) is 3.19. The van der Waals surface area contributed by atoms with Crippen LogP contribution in [0.4, 0.5) is 0 Å². The number of hydrogen-bond acceptors (Lipinski definition) is 2. The normalized spacial score (nSPS) is 36.6. The van der Waals surface area contributed by atoms with Gasteiger partial charge >= 0.3 is 0 Å². The Kier molecular flexibility index (Phi) is 3.91. The molecule has 16 heavy (non-hydrogen) atoms. The molecule has 0 amide bonds. The van der Waals surface area contributed by atoms with Crippen molar-refractivity contribution in [1.82, 2.24) is 5.32 Å². The molecule has 0 aromatic carbocycles. The largest absolute Gasteiger partial charge is 0.378 e. The quantitative estimate of drug-likeness (QED) is 0.750. The van der Waals surface area contributed by atoms with Crippen LogP contribution in [0.1, 0.15) is 52.9 Å². The van der Waals surface area contributed by atoms with Crippen LogP contribution in [0, 0.1) is 11.3 Å². The first-order valence-corrected chi connectivity index (χ1v) is 7.04. The molecule has 1 aliphatic heterocycles. The molecule has 2 heteroatoms. The molecule has 94 valence electrons. The maximum absolute atomic E-state index is 5.85. The van der Waals surface area contributed by atoms with Crippen molar-refractivity contribution in [2.24, 2.45) is 11.3 Å². The Labute approximate surface area is 100 Å². The zero-order valence-electron chi connectivity index (χ0n) is 11.1. The van der Waals surface area contributed by atoms with Crippen molar-refractivity contribution in [1.29, 1.82) is 0 Å². The predicted octanol–water partition coefficient (Wildman–Crippen LogP) is 2.97. The summed E-state index contributed by atoms with van der Waals surface area (Å²) in [5, 5.41) is 3.73. The number of nitrogens with one attached hydrogen (secondary N) is 1. The first-order chi connectivity index (χ1) is 7.69. The highest BCUT2D eigenvalue weighted by atomic mass is 16.5. The van der Waals surface area contributed by atoms with Crippen LogP contribution in [0.5, 0.6) is 0 Å². The Morgan fingerprint density at radius 2 is 2.19 bits per heavy atom. The average Bonchev–Trinajstić information content (AvgIpc) is 3.01. The molecule has 0 aromatic heterocycles. The van der Waals surface area contributed by atoms with Gasteiger partial charge in [-0.3, -0.25) is 0 Å². The van der Waals surface area contributed by atoms with Crippen molar-refractivity contribution in [3.63, 3.8) is 0 Å². The second kappa shape index (κ2) is 5.05. The Hall–Kier alpha value is -0.0800. The van der Waals surface area contributed by atoms with Crippen LogP contribution in [-0.2, 0) is 4.74 Å². The van der Waals surface area contributed by atoms with Gasteiger partial charge in [0.15, 0.2) is 0 Å². The fourth-order valence-electron chi connectivity index (χ4n) is 3.19. The average molecular weight is 225 g/mol. The first-order valence-electron chi connectivity index (χ1n) is 7.04. The summed E-state index contributed by atoms with van der Waals surface area (Å²) in [7, 11) is 0. The van der Waals surface area contributed by atoms with Crippen LogP contribution < -0.4 is 5.32 Å². The minimum Gasteiger partial charge on any atom is -0.378 e. The molecule has 1 N–H and O–H groups in total. The van der Waals surface area contributed by atoms with Gasteiger partial charge in [0.05, 0.1) is 6.10 Å². The van der Waals surface area contributed by atoms with Crippen LogP contribution >= 0.6 is 0 Å². The molecule has 1 saturated carbocycles. The van der Waals surface area contributed by atoms with E-state index < -0.39 is 0 Å². The molecule has 0 bridgehead atoms. The van der Waals surface area contributed by atoms with E-state index in [1.807, 2.05) is 0 Å². The minimum absolute atomic E-state index is 0.401. The molecule has 1 aliphatic carbocycles. The number of ether oxygens (including phenoxy) is 1. The molecule has 2 fully saturated rings. The second-order valence-corrected chi connectivity index (χ2v) is 5.84. The second-order valence-electron chi connectivity index (χ2n) is 5.84. The molecule has 1 heterocycles. The predicted molar refractivity (Wildman–Crippen MR) is 67.6 cm³/mol. The third-order valence-corrected chi connectivity index (χ3v) is 4.75. The van der Waals surface area contributed by atoms with Crippen LogP contribution in [-0.4, -0.2) is 25.3 Å². The van der Waals surface area contributed by atoms with Crippen LogP contribution in [0.2, 0.25) is 0 Å². The summed E-state index contributed by atoms with van der Waals surface area (Å²) in [6, 6.07) is 0.818.